The smallest absolute Gasteiger partial charge is 0.418 e. The SMILES string of the molecule is Brc1ccc2[nH]ccc2c1.F[B-](F)(F)F. The van der Waals surface area contributed by atoms with Crippen LogP contribution in [0.15, 0.2) is 34.9 Å². The Morgan fingerprint density at radius 1 is 1.07 bits per heavy atom. The van der Waals surface area contributed by atoms with Gasteiger partial charge in [-0.15, -0.1) is 0 Å². The molecule has 1 N–H and O–H groups in total. The molecule has 15 heavy (non-hydrogen) atoms. The van der Waals surface area contributed by atoms with Gasteiger partial charge in [0.25, 0.3) is 0 Å². The monoisotopic (exact) mass is 282 g/mol. The maximum Gasteiger partial charge on any atom is 0.673 e. The van der Waals surface area contributed by atoms with Gasteiger partial charge in [0.15, 0.2) is 0 Å². The average molecular weight is 283 g/mol. The molecule has 1 nitrogen and oxygen atoms in total. The van der Waals surface area contributed by atoms with Crippen molar-refractivity contribution < 1.29 is 17.3 Å². The Morgan fingerprint density at radius 2 is 1.67 bits per heavy atom. The second-order valence-corrected chi connectivity index (χ2v) is 3.62. The van der Waals surface area contributed by atoms with Crippen LogP contribution in [0.3, 0.4) is 0 Å². The molecule has 82 valence electrons. The van der Waals surface area contributed by atoms with Crippen LogP contribution in [0.25, 0.3) is 10.9 Å². The highest BCUT2D eigenvalue weighted by molar-refractivity contribution is 9.10. The molecule has 1 aromatic heterocycles. The Bertz CT molecular complexity index is 433. The molecule has 0 radical (unpaired) electrons. The van der Waals surface area contributed by atoms with Gasteiger partial charge in [0.2, 0.25) is 0 Å². The molecule has 0 amide bonds. The van der Waals surface area contributed by atoms with Gasteiger partial charge in [0.05, 0.1) is 0 Å². The second kappa shape index (κ2) is 4.70. The van der Waals surface area contributed by atoms with Gasteiger partial charge in [-0.3, -0.25) is 0 Å². The fourth-order valence-electron chi connectivity index (χ4n) is 1.02. The number of H-pyrrole nitrogens is 1. The Kier molecular flexibility index (Phi) is 3.79. The van der Waals surface area contributed by atoms with E-state index in [1.807, 2.05) is 12.3 Å². The van der Waals surface area contributed by atoms with E-state index in [2.05, 4.69) is 39.1 Å². The van der Waals surface area contributed by atoms with Gasteiger partial charge in [-0.25, -0.2) is 0 Å². The zero-order valence-corrected chi connectivity index (χ0v) is 8.94. The first-order chi connectivity index (χ1) is 6.86. The number of nitrogens with one attached hydrogen (secondary N) is 1. The lowest BCUT2D eigenvalue weighted by molar-refractivity contribution is 0.368. The lowest BCUT2D eigenvalue weighted by atomic mass is 10.3. The third-order valence-corrected chi connectivity index (χ3v) is 2.01. The highest BCUT2D eigenvalue weighted by atomic mass is 79.9. The maximum absolute atomic E-state index is 9.75. The van der Waals surface area contributed by atoms with Crippen molar-refractivity contribution in [3.8, 4) is 0 Å². The van der Waals surface area contributed by atoms with Crippen LogP contribution >= 0.6 is 15.9 Å². The fourth-order valence-corrected chi connectivity index (χ4v) is 1.40. The minimum atomic E-state index is -6.00. The third-order valence-electron chi connectivity index (χ3n) is 1.52. The summed E-state index contributed by atoms with van der Waals surface area (Å²) in [5.74, 6) is 0. The summed E-state index contributed by atoms with van der Waals surface area (Å²) in [7, 11) is -6.00. The van der Waals surface area contributed by atoms with Crippen LogP contribution in [-0.2, 0) is 0 Å². The van der Waals surface area contributed by atoms with Crippen molar-refractivity contribution in [2.75, 3.05) is 0 Å². The first-order valence-electron chi connectivity index (χ1n) is 3.96. The van der Waals surface area contributed by atoms with E-state index in [0.717, 1.165) is 4.47 Å². The van der Waals surface area contributed by atoms with Gasteiger partial charge in [-0.1, -0.05) is 15.9 Å². The quantitative estimate of drug-likeness (QED) is 0.550. The maximum atomic E-state index is 9.75. The molecule has 0 aliphatic rings. The summed E-state index contributed by atoms with van der Waals surface area (Å²) in [6, 6.07) is 8.23. The lowest BCUT2D eigenvalue weighted by Crippen LogP contribution is -2.02. The van der Waals surface area contributed by atoms with Gasteiger partial charge >= 0.3 is 7.25 Å². The molecule has 1 aromatic carbocycles. The minimum Gasteiger partial charge on any atom is -0.418 e. The van der Waals surface area contributed by atoms with Crippen molar-refractivity contribution >= 4 is 34.1 Å². The molecule has 1 heterocycles. The summed E-state index contributed by atoms with van der Waals surface area (Å²) >= 11 is 3.40. The molecule has 0 saturated heterocycles. The molecule has 0 unspecified atom stereocenters. The van der Waals surface area contributed by atoms with Crippen LogP contribution in [0.2, 0.25) is 0 Å². The summed E-state index contributed by atoms with van der Waals surface area (Å²) in [6.45, 7) is 0. The van der Waals surface area contributed by atoms with Gasteiger partial charge in [0, 0.05) is 21.6 Å². The van der Waals surface area contributed by atoms with E-state index < -0.39 is 7.25 Å². The number of rotatable bonds is 0. The summed E-state index contributed by atoms with van der Waals surface area (Å²) in [5.41, 5.74) is 1.18. The van der Waals surface area contributed by atoms with Crippen molar-refractivity contribution in [2.24, 2.45) is 0 Å². The molecule has 0 aliphatic heterocycles. The Labute approximate surface area is 91.7 Å². The number of aromatic nitrogens is 1. The summed E-state index contributed by atoms with van der Waals surface area (Å²) in [6.07, 6.45) is 1.94. The topological polar surface area (TPSA) is 15.8 Å². The summed E-state index contributed by atoms with van der Waals surface area (Å²) in [4.78, 5) is 3.13. The molecule has 0 spiro atoms. The van der Waals surface area contributed by atoms with Crippen LogP contribution in [-0.4, -0.2) is 12.2 Å². The zero-order valence-electron chi connectivity index (χ0n) is 7.35. The van der Waals surface area contributed by atoms with Crippen LogP contribution in [0.1, 0.15) is 0 Å². The van der Waals surface area contributed by atoms with Crippen molar-refractivity contribution in [2.45, 2.75) is 0 Å². The van der Waals surface area contributed by atoms with E-state index in [-0.39, 0.29) is 0 Å². The molecule has 0 aliphatic carbocycles. The molecule has 7 heteroatoms. The standard InChI is InChI=1S/C8H6BrN.BF4/c9-7-1-2-8-6(5-7)3-4-10-8;2-1(3,4)5/h1-5,10H;/q;-1. The molecule has 0 saturated carbocycles. The van der Waals surface area contributed by atoms with E-state index in [4.69, 9.17) is 0 Å². The Balaban J connectivity index is 0.000000195. The van der Waals surface area contributed by atoms with Crippen molar-refractivity contribution in [3.63, 3.8) is 0 Å². The van der Waals surface area contributed by atoms with Gasteiger partial charge in [-0.05, 0) is 24.3 Å². The van der Waals surface area contributed by atoms with Gasteiger partial charge in [-0.2, -0.15) is 0 Å². The second-order valence-electron chi connectivity index (χ2n) is 2.70. The minimum absolute atomic E-state index is 1.12. The van der Waals surface area contributed by atoms with Crippen LogP contribution in [0.4, 0.5) is 17.3 Å². The van der Waals surface area contributed by atoms with E-state index in [0.29, 0.717) is 0 Å². The van der Waals surface area contributed by atoms with Crippen molar-refractivity contribution in [1.82, 2.24) is 4.98 Å². The first-order valence-corrected chi connectivity index (χ1v) is 4.75. The fraction of sp³-hybridized carbons (Fsp3) is 0. The number of hydrogen-bond acceptors (Lipinski definition) is 0. The predicted octanol–water partition coefficient (Wildman–Crippen LogP) is 4.23. The first kappa shape index (κ1) is 12.1. The zero-order chi connectivity index (χ0) is 11.5. The van der Waals surface area contributed by atoms with Crippen LogP contribution < -0.4 is 0 Å². The van der Waals surface area contributed by atoms with Gasteiger partial charge < -0.3 is 22.2 Å². The van der Waals surface area contributed by atoms with Gasteiger partial charge in [0.1, 0.15) is 0 Å². The molecular weight excluding hydrogens is 277 g/mol. The predicted molar refractivity (Wildman–Crippen MR) is 56.2 cm³/mol. The van der Waals surface area contributed by atoms with E-state index in [1.54, 1.807) is 0 Å². The third kappa shape index (κ3) is 4.87. The number of benzene rings is 1. The van der Waals surface area contributed by atoms with E-state index >= 15 is 0 Å². The highest BCUT2D eigenvalue weighted by Crippen LogP contribution is 2.17. The van der Waals surface area contributed by atoms with Crippen LogP contribution in [0.5, 0.6) is 0 Å². The number of hydrogen-bond donors (Lipinski definition) is 1. The van der Waals surface area contributed by atoms with Crippen LogP contribution in [0, 0.1) is 0 Å². The summed E-state index contributed by atoms with van der Waals surface area (Å²) < 4.78 is 40.1. The highest BCUT2D eigenvalue weighted by Gasteiger charge is 2.20. The number of aromatic amines is 1. The molecule has 2 rings (SSSR count). The number of fused-ring (bicyclic) bond motifs is 1. The lowest BCUT2D eigenvalue weighted by Gasteiger charge is -1.94. The molecular formula is C8H6BBrF4N-. The molecule has 0 fully saturated rings. The normalized spacial score (nSPS) is 11.0. The molecule has 2 aromatic rings. The number of halogens is 5. The Morgan fingerprint density at radius 3 is 2.27 bits per heavy atom. The molecule has 0 bridgehead atoms. The summed E-state index contributed by atoms with van der Waals surface area (Å²) in [5, 5.41) is 1.24. The van der Waals surface area contributed by atoms with Crippen molar-refractivity contribution in [1.29, 1.82) is 0 Å². The van der Waals surface area contributed by atoms with E-state index in [1.165, 1.54) is 10.9 Å². The van der Waals surface area contributed by atoms with E-state index in [9.17, 15) is 17.3 Å². The average Bonchev–Trinajstić information content (AvgIpc) is 2.47. The van der Waals surface area contributed by atoms with Crippen molar-refractivity contribution in [3.05, 3.63) is 34.9 Å². The Hall–Kier alpha value is -0.975. The molecule has 0 atom stereocenters. The largest absolute Gasteiger partial charge is 0.673 e.